The van der Waals surface area contributed by atoms with Gasteiger partial charge in [-0.25, -0.2) is 9.78 Å². The maximum absolute atomic E-state index is 12.3. The maximum Gasteiger partial charge on any atom is 0.354 e. The van der Waals surface area contributed by atoms with E-state index in [2.05, 4.69) is 10.3 Å². The zero-order valence-corrected chi connectivity index (χ0v) is 13.0. The van der Waals surface area contributed by atoms with Crippen LogP contribution in [0.3, 0.4) is 0 Å². The summed E-state index contributed by atoms with van der Waals surface area (Å²) >= 11 is 0. The highest BCUT2D eigenvalue weighted by Crippen LogP contribution is 2.34. The number of methoxy groups -OCH3 is 1. The maximum atomic E-state index is 12.3. The van der Waals surface area contributed by atoms with Crippen molar-refractivity contribution in [3.05, 3.63) is 53.3 Å². The molecular formula is C17H16N2O5. The van der Waals surface area contributed by atoms with Gasteiger partial charge in [0.2, 0.25) is 0 Å². The third-order valence-electron chi connectivity index (χ3n) is 3.76. The first-order chi connectivity index (χ1) is 11.6. The number of pyridine rings is 1. The predicted octanol–water partition coefficient (Wildman–Crippen LogP) is 1.52. The Morgan fingerprint density at radius 2 is 2.17 bits per heavy atom. The van der Waals surface area contributed by atoms with Crippen molar-refractivity contribution in [2.24, 2.45) is 0 Å². The van der Waals surface area contributed by atoms with E-state index in [9.17, 15) is 9.59 Å². The number of fused-ring (bicyclic) bond motifs is 1. The fourth-order valence-electron chi connectivity index (χ4n) is 2.57. The Morgan fingerprint density at radius 1 is 1.33 bits per heavy atom. The van der Waals surface area contributed by atoms with E-state index in [4.69, 9.17) is 14.6 Å². The molecule has 1 aliphatic heterocycles. The smallest absolute Gasteiger partial charge is 0.354 e. The fourth-order valence-corrected chi connectivity index (χ4v) is 2.57. The third-order valence-corrected chi connectivity index (χ3v) is 3.76. The highest BCUT2D eigenvalue weighted by atomic mass is 16.5. The Balaban J connectivity index is 1.68. The van der Waals surface area contributed by atoms with E-state index >= 15 is 0 Å². The second-order valence-electron chi connectivity index (χ2n) is 5.37. The van der Waals surface area contributed by atoms with Crippen LogP contribution in [0.2, 0.25) is 0 Å². The summed E-state index contributed by atoms with van der Waals surface area (Å²) in [6.45, 7) is 0.333. The van der Waals surface area contributed by atoms with E-state index in [0.717, 1.165) is 5.56 Å². The molecule has 1 aromatic carbocycles. The molecule has 24 heavy (non-hydrogen) atoms. The van der Waals surface area contributed by atoms with E-state index in [1.807, 2.05) is 18.2 Å². The molecule has 1 atom stereocenters. The molecule has 0 fully saturated rings. The summed E-state index contributed by atoms with van der Waals surface area (Å²) in [5.41, 5.74) is 1.16. The number of rotatable bonds is 4. The number of aromatic carboxylic acids is 1. The van der Waals surface area contributed by atoms with Crippen LogP contribution >= 0.6 is 0 Å². The summed E-state index contributed by atoms with van der Waals surface area (Å²) < 4.78 is 11.0. The fraction of sp³-hybridized carbons (Fsp3) is 0.235. The van der Waals surface area contributed by atoms with Gasteiger partial charge in [0.15, 0.2) is 11.5 Å². The summed E-state index contributed by atoms with van der Waals surface area (Å²) in [6, 6.07) is 8.18. The first kappa shape index (κ1) is 15.8. The van der Waals surface area contributed by atoms with E-state index in [-0.39, 0.29) is 17.6 Å². The molecule has 1 amide bonds. The van der Waals surface area contributed by atoms with Crippen molar-refractivity contribution in [2.75, 3.05) is 13.7 Å². The summed E-state index contributed by atoms with van der Waals surface area (Å²) in [6.07, 6.45) is 1.87. The number of benzene rings is 1. The summed E-state index contributed by atoms with van der Waals surface area (Å²) in [5.74, 6) is -0.0729. The quantitative estimate of drug-likeness (QED) is 0.883. The van der Waals surface area contributed by atoms with Crippen LogP contribution in [0, 0.1) is 0 Å². The first-order valence-corrected chi connectivity index (χ1v) is 7.37. The van der Waals surface area contributed by atoms with Gasteiger partial charge < -0.3 is 19.9 Å². The number of para-hydroxylation sites is 1. The Kier molecular flexibility index (Phi) is 4.33. The van der Waals surface area contributed by atoms with Crippen LogP contribution in [0.1, 0.15) is 26.4 Å². The lowest BCUT2D eigenvalue weighted by molar-refractivity contribution is 0.0689. The topological polar surface area (TPSA) is 97.8 Å². The van der Waals surface area contributed by atoms with Crippen molar-refractivity contribution in [3.8, 4) is 11.5 Å². The lowest BCUT2D eigenvalue weighted by Gasteiger charge is -2.27. The standard InChI is InChI=1S/C17H16N2O5/c1-23-14-4-2-3-10-7-12(9-24-15(10)14)19-16(20)11-5-6-13(17(21)22)18-8-11/h2-6,8,12H,7,9H2,1H3,(H,19,20)(H,21,22)/t12-/m1/s1. The molecule has 0 saturated carbocycles. The molecule has 1 aliphatic rings. The molecule has 7 nitrogen and oxygen atoms in total. The Morgan fingerprint density at radius 3 is 2.83 bits per heavy atom. The number of ether oxygens (including phenoxy) is 2. The molecule has 2 heterocycles. The minimum atomic E-state index is -1.13. The van der Waals surface area contributed by atoms with Gasteiger partial charge in [0.1, 0.15) is 12.3 Å². The van der Waals surface area contributed by atoms with Gasteiger partial charge in [-0.05, 0) is 24.6 Å². The van der Waals surface area contributed by atoms with Crippen LogP contribution in [0.15, 0.2) is 36.5 Å². The monoisotopic (exact) mass is 328 g/mol. The number of hydrogen-bond donors (Lipinski definition) is 2. The third kappa shape index (κ3) is 3.15. The number of carbonyl (C=O) groups excluding carboxylic acids is 1. The van der Waals surface area contributed by atoms with Gasteiger partial charge in [-0.15, -0.1) is 0 Å². The van der Waals surface area contributed by atoms with E-state index in [0.29, 0.717) is 30.1 Å². The molecule has 0 bridgehead atoms. The van der Waals surface area contributed by atoms with Gasteiger partial charge >= 0.3 is 5.97 Å². The van der Waals surface area contributed by atoms with Crippen molar-refractivity contribution in [1.82, 2.24) is 10.3 Å². The van der Waals surface area contributed by atoms with Crippen molar-refractivity contribution < 1.29 is 24.2 Å². The average Bonchev–Trinajstić information content (AvgIpc) is 2.61. The van der Waals surface area contributed by atoms with Crippen LogP contribution in [0.25, 0.3) is 0 Å². The van der Waals surface area contributed by atoms with E-state index in [1.54, 1.807) is 7.11 Å². The van der Waals surface area contributed by atoms with E-state index in [1.165, 1.54) is 18.3 Å². The van der Waals surface area contributed by atoms with Crippen LogP contribution in [0.4, 0.5) is 0 Å². The molecule has 0 radical (unpaired) electrons. The molecule has 0 saturated heterocycles. The molecule has 2 N–H and O–H groups in total. The van der Waals surface area contributed by atoms with Crippen LogP contribution < -0.4 is 14.8 Å². The molecule has 1 aromatic heterocycles. The number of amides is 1. The minimum absolute atomic E-state index is 0.103. The SMILES string of the molecule is COc1cccc2c1OC[C@H](NC(=O)c1ccc(C(=O)O)nc1)C2. The molecule has 0 unspecified atom stereocenters. The largest absolute Gasteiger partial charge is 0.493 e. The molecule has 0 spiro atoms. The second kappa shape index (κ2) is 6.57. The van der Waals surface area contributed by atoms with Gasteiger partial charge in [-0.3, -0.25) is 4.79 Å². The number of nitrogens with one attached hydrogen (secondary N) is 1. The number of nitrogens with zero attached hydrogens (tertiary/aromatic N) is 1. The molecule has 3 rings (SSSR count). The van der Waals surface area contributed by atoms with Crippen molar-refractivity contribution in [3.63, 3.8) is 0 Å². The number of carboxylic acids is 1. The Bertz CT molecular complexity index is 773. The Hall–Kier alpha value is -3.09. The second-order valence-corrected chi connectivity index (χ2v) is 5.37. The number of hydrogen-bond acceptors (Lipinski definition) is 5. The van der Waals surface area contributed by atoms with Gasteiger partial charge in [-0.2, -0.15) is 0 Å². The zero-order valence-electron chi connectivity index (χ0n) is 13.0. The normalized spacial score (nSPS) is 15.8. The molecule has 124 valence electrons. The van der Waals surface area contributed by atoms with Crippen LogP contribution in [-0.4, -0.2) is 41.7 Å². The Labute approximate surface area is 138 Å². The average molecular weight is 328 g/mol. The van der Waals surface area contributed by atoms with E-state index < -0.39 is 5.97 Å². The molecular weight excluding hydrogens is 312 g/mol. The lowest BCUT2D eigenvalue weighted by Crippen LogP contribution is -2.42. The van der Waals surface area contributed by atoms with Crippen LogP contribution in [0.5, 0.6) is 11.5 Å². The van der Waals surface area contributed by atoms with Gasteiger partial charge in [0.25, 0.3) is 5.91 Å². The summed E-state index contributed by atoms with van der Waals surface area (Å²) in [7, 11) is 1.58. The molecule has 0 aliphatic carbocycles. The van der Waals surface area contributed by atoms with Gasteiger partial charge in [-0.1, -0.05) is 12.1 Å². The van der Waals surface area contributed by atoms with Crippen LogP contribution in [-0.2, 0) is 6.42 Å². The molecule has 7 heteroatoms. The van der Waals surface area contributed by atoms with Gasteiger partial charge in [0, 0.05) is 11.8 Å². The summed E-state index contributed by atoms with van der Waals surface area (Å²) in [5, 5.41) is 11.7. The summed E-state index contributed by atoms with van der Waals surface area (Å²) in [4.78, 5) is 26.8. The highest BCUT2D eigenvalue weighted by molar-refractivity contribution is 5.95. The zero-order chi connectivity index (χ0) is 17.1. The van der Waals surface area contributed by atoms with Gasteiger partial charge in [0.05, 0.1) is 18.7 Å². The number of carbonyl (C=O) groups is 2. The van der Waals surface area contributed by atoms with Crippen molar-refractivity contribution in [1.29, 1.82) is 0 Å². The first-order valence-electron chi connectivity index (χ1n) is 7.37. The van der Waals surface area contributed by atoms with Crippen molar-refractivity contribution >= 4 is 11.9 Å². The molecule has 2 aromatic rings. The number of aromatic nitrogens is 1. The van der Waals surface area contributed by atoms with Crippen molar-refractivity contribution in [2.45, 2.75) is 12.5 Å². The number of carboxylic acid groups (broad SMARTS) is 1. The minimum Gasteiger partial charge on any atom is -0.493 e. The predicted molar refractivity (Wildman–Crippen MR) is 84.6 cm³/mol. The highest BCUT2D eigenvalue weighted by Gasteiger charge is 2.24. The lowest BCUT2D eigenvalue weighted by atomic mass is 10.0.